The lowest BCUT2D eigenvalue weighted by Gasteiger charge is -2.13. The third kappa shape index (κ3) is 2.68. The highest BCUT2D eigenvalue weighted by atomic mass is 32.1. The van der Waals surface area contributed by atoms with Gasteiger partial charge in [0.05, 0.1) is 12.4 Å². The summed E-state index contributed by atoms with van der Waals surface area (Å²) in [7, 11) is 0. The summed E-state index contributed by atoms with van der Waals surface area (Å²) in [6.07, 6.45) is 6.51. The van der Waals surface area contributed by atoms with Crippen LogP contribution < -0.4 is 5.32 Å². The molecular weight excluding hydrogens is 220 g/mol. The van der Waals surface area contributed by atoms with Gasteiger partial charge in [-0.05, 0) is 13.3 Å². The molecule has 16 heavy (non-hydrogen) atoms. The van der Waals surface area contributed by atoms with Gasteiger partial charge in [0.2, 0.25) is 0 Å². The number of rotatable bonds is 5. The topological polar surface area (TPSA) is 53.6 Å². The van der Waals surface area contributed by atoms with Crippen molar-refractivity contribution in [2.24, 2.45) is 0 Å². The Bertz CT molecular complexity index is 421. The first-order chi connectivity index (χ1) is 7.79. The van der Waals surface area contributed by atoms with Gasteiger partial charge in [0.25, 0.3) is 0 Å². The Morgan fingerprint density at radius 3 is 2.94 bits per heavy atom. The van der Waals surface area contributed by atoms with E-state index in [0.29, 0.717) is 6.04 Å². The first-order valence-electron chi connectivity index (χ1n) is 5.42. The Balaban J connectivity index is 1.96. The third-order valence-corrected chi connectivity index (χ3v) is 3.47. The summed E-state index contributed by atoms with van der Waals surface area (Å²) in [6, 6.07) is 0.335. The van der Waals surface area contributed by atoms with Gasteiger partial charge in [-0.3, -0.25) is 0 Å². The van der Waals surface area contributed by atoms with Crippen LogP contribution in [-0.4, -0.2) is 15.0 Å². The summed E-state index contributed by atoms with van der Waals surface area (Å²) in [6.45, 7) is 5.06. The highest BCUT2D eigenvalue weighted by Crippen LogP contribution is 2.22. The summed E-state index contributed by atoms with van der Waals surface area (Å²) < 4.78 is 0. The summed E-state index contributed by atoms with van der Waals surface area (Å²) in [5.41, 5.74) is 1.10. The van der Waals surface area contributed by atoms with Crippen molar-refractivity contribution >= 4 is 11.3 Å². The largest absolute Gasteiger partial charge is 0.347 e. The summed E-state index contributed by atoms with van der Waals surface area (Å²) in [4.78, 5) is 12.8. The smallest absolute Gasteiger partial charge is 0.110 e. The fraction of sp³-hybridized carbons (Fsp3) is 0.455. The summed E-state index contributed by atoms with van der Waals surface area (Å²) in [5.74, 6) is 0. The van der Waals surface area contributed by atoms with E-state index in [1.54, 1.807) is 17.7 Å². The van der Waals surface area contributed by atoms with Crippen molar-refractivity contribution in [3.05, 3.63) is 34.3 Å². The van der Waals surface area contributed by atoms with Crippen molar-refractivity contribution in [3.63, 3.8) is 0 Å². The van der Waals surface area contributed by atoms with Crippen LogP contribution in [-0.2, 0) is 6.54 Å². The molecule has 4 nitrogen and oxygen atoms in total. The van der Waals surface area contributed by atoms with Crippen molar-refractivity contribution in [1.29, 1.82) is 0 Å². The molecule has 1 unspecified atom stereocenters. The predicted molar refractivity (Wildman–Crippen MR) is 65.3 cm³/mol. The van der Waals surface area contributed by atoms with E-state index < -0.39 is 0 Å². The Labute approximate surface area is 99.2 Å². The lowest BCUT2D eigenvalue weighted by Crippen LogP contribution is -2.20. The van der Waals surface area contributed by atoms with E-state index in [2.05, 4.69) is 34.1 Å². The fourth-order valence-electron chi connectivity index (χ4n) is 1.55. The lowest BCUT2D eigenvalue weighted by atomic mass is 10.2. The second-order valence-electron chi connectivity index (χ2n) is 3.73. The number of nitrogens with zero attached hydrogens (tertiary/aromatic N) is 2. The zero-order valence-corrected chi connectivity index (χ0v) is 10.3. The van der Waals surface area contributed by atoms with Gasteiger partial charge in [0.15, 0.2) is 0 Å². The van der Waals surface area contributed by atoms with Crippen LogP contribution in [0.5, 0.6) is 0 Å². The molecule has 0 fully saturated rings. The minimum Gasteiger partial charge on any atom is -0.347 e. The second-order valence-corrected chi connectivity index (χ2v) is 4.99. The molecule has 0 bridgehead atoms. The van der Waals surface area contributed by atoms with Gasteiger partial charge in [-0.1, -0.05) is 6.92 Å². The zero-order chi connectivity index (χ0) is 11.4. The molecule has 0 spiro atoms. The number of imidazole rings is 1. The molecule has 0 aliphatic heterocycles. The maximum absolute atomic E-state index is 4.42. The maximum Gasteiger partial charge on any atom is 0.110 e. The standard InChI is InChI=1S/C11H16N4S/c1-3-10(11-14-4-8(2)16-11)13-6-9-5-12-7-15-9/h4-5,7,10,13H,3,6H2,1-2H3,(H,12,15). The van der Waals surface area contributed by atoms with Crippen molar-refractivity contribution in [2.75, 3.05) is 0 Å². The summed E-state index contributed by atoms with van der Waals surface area (Å²) in [5, 5.41) is 4.64. The van der Waals surface area contributed by atoms with E-state index in [4.69, 9.17) is 0 Å². The van der Waals surface area contributed by atoms with Gasteiger partial charge in [0.1, 0.15) is 5.01 Å². The number of hydrogen-bond acceptors (Lipinski definition) is 4. The van der Waals surface area contributed by atoms with Crippen molar-refractivity contribution < 1.29 is 0 Å². The molecule has 0 aliphatic rings. The van der Waals surface area contributed by atoms with E-state index >= 15 is 0 Å². The Kier molecular flexibility index (Phi) is 3.69. The molecule has 0 amide bonds. The van der Waals surface area contributed by atoms with Crippen molar-refractivity contribution in [2.45, 2.75) is 32.9 Å². The minimum atomic E-state index is 0.335. The van der Waals surface area contributed by atoms with Crippen LogP contribution in [0.2, 0.25) is 0 Å². The number of aromatic nitrogens is 3. The first-order valence-corrected chi connectivity index (χ1v) is 6.24. The molecule has 5 heteroatoms. The molecule has 2 heterocycles. The van der Waals surface area contributed by atoms with Gasteiger partial charge in [-0.15, -0.1) is 11.3 Å². The Morgan fingerprint density at radius 2 is 2.38 bits per heavy atom. The molecule has 0 saturated carbocycles. The van der Waals surface area contributed by atoms with E-state index in [-0.39, 0.29) is 0 Å². The van der Waals surface area contributed by atoms with E-state index in [0.717, 1.165) is 18.7 Å². The average molecular weight is 236 g/mol. The summed E-state index contributed by atoms with van der Waals surface area (Å²) >= 11 is 1.76. The maximum atomic E-state index is 4.42. The number of aryl methyl sites for hydroxylation is 1. The quantitative estimate of drug-likeness (QED) is 0.838. The molecule has 0 radical (unpaired) electrons. The lowest BCUT2D eigenvalue weighted by molar-refractivity contribution is 0.513. The van der Waals surface area contributed by atoms with Crippen LogP contribution >= 0.6 is 11.3 Å². The van der Waals surface area contributed by atoms with Gasteiger partial charge in [-0.25, -0.2) is 9.97 Å². The number of thiazole rings is 1. The molecule has 2 rings (SSSR count). The molecule has 0 saturated heterocycles. The highest BCUT2D eigenvalue weighted by molar-refractivity contribution is 7.11. The Hall–Kier alpha value is -1.20. The fourth-order valence-corrected chi connectivity index (χ4v) is 2.49. The molecule has 2 aromatic heterocycles. The second kappa shape index (κ2) is 5.23. The number of hydrogen-bond donors (Lipinski definition) is 2. The molecule has 2 aromatic rings. The minimum absolute atomic E-state index is 0.335. The molecule has 0 aromatic carbocycles. The van der Waals surface area contributed by atoms with Crippen LogP contribution in [0.4, 0.5) is 0 Å². The molecule has 2 N–H and O–H groups in total. The average Bonchev–Trinajstić information content (AvgIpc) is 2.91. The molecule has 86 valence electrons. The monoisotopic (exact) mass is 236 g/mol. The number of aromatic amines is 1. The van der Waals surface area contributed by atoms with E-state index in [9.17, 15) is 0 Å². The van der Waals surface area contributed by atoms with Gasteiger partial charge < -0.3 is 10.3 Å². The van der Waals surface area contributed by atoms with Crippen LogP contribution in [0.1, 0.15) is 35.0 Å². The first kappa shape index (κ1) is 11.3. The van der Waals surface area contributed by atoms with Crippen LogP contribution in [0, 0.1) is 6.92 Å². The van der Waals surface area contributed by atoms with Gasteiger partial charge >= 0.3 is 0 Å². The van der Waals surface area contributed by atoms with E-state index in [1.807, 2.05) is 12.4 Å². The van der Waals surface area contributed by atoms with Gasteiger partial charge in [0, 0.05) is 29.5 Å². The number of nitrogens with one attached hydrogen (secondary N) is 2. The SMILES string of the molecule is CCC(NCc1cnc[nH]1)c1ncc(C)s1. The molecule has 0 aliphatic carbocycles. The van der Waals surface area contributed by atoms with Crippen LogP contribution in [0.15, 0.2) is 18.7 Å². The highest BCUT2D eigenvalue weighted by Gasteiger charge is 2.12. The zero-order valence-electron chi connectivity index (χ0n) is 9.53. The van der Waals surface area contributed by atoms with Crippen LogP contribution in [0.3, 0.4) is 0 Å². The Morgan fingerprint density at radius 1 is 1.50 bits per heavy atom. The predicted octanol–water partition coefficient (Wildman–Crippen LogP) is 2.42. The van der Waals surface area contributed by atoms with Gasteiger partial charge in [-0.2, -0.15) is 0 Å². The molecular formula is C11H16N4S. The molecule has 1 atom stereocenters. The van der Waals surface area contributed by atoms with Crippen LogP contribution in [0.25, 0.3) is 0 Å². The third-order valence-electron chi connectivity index (χ3n) is 2.44. The van der Waals surface area contributed by atoms with Crippen molar-refractivity contribution in [1.82, 2.24) is 20.3 Å². The van der Waals surface area contributed by atoms with E-state index in [1.165, 1.54) is 9.88 Å². The number of H-pyrrole nitrogens is 1. The normalized spacial score (nSPS) is 12.9. The van der Waals surface area contributed by atoms with Crippen molar-refractivity contribution in [3.8, 4) is 0 Å².